The Morgan fingerprint density at radius 2 is 1.86 bits per heavy atom. The molecule has 1 heterocycles. The first-order chi connectivity index (χ1) is 13.3. The molecule has 144 valence electrons. The second-order valence-electron chi connectivity index (χ2n) is 6.45. The predicted molar refractivity (Wildman–Crippen MR) is 103 cm³/mol. The molecule has 2 amide bonds. The number of carbonyl (C=O) groups excluding carboxylic acids is 3. The number of rotatable bonds is 6. The Morgan fingerprint density at radius 1 is 1.18 bits per heavy atom. The van der Waals surface area contributed by atoms with E-state index in [4.69, 9.17) is 16.0 Å². The smallest absolute Gasteiger partial charge is 0.277 e. The molecule has 3 rings (SSSR count). The lowest BCUT2D eigenvalue weighted by Crippen LogP contribution is -2.38. The molecule has 0 atom stereocenters. The lowest BCUT2D eigenvalue weighted by molar-refractivity contribution is -0.147. The Balaban J connectivity index is 1.74. The summed E-state index contributed by atoms with van der Waals surface area (Å²) in [7, 11) is 0. The van der Waals surface area contributed by atoms with Crippen LogP contribution in [0, 0.1) is 5.41 Å². The number of amides is 2. The van der Waals surface area contributed by atoms with Crippen LogP contribution in [0.1, 0.15) is 38.8 Å². The van der Waals surface area contributed by atoms with Crippen molar-refractivity contribution in [3.05, 3.63) is 64.7 Å². The van der Waals surface area contributed by atoms with E-state index in [1.165, 1.54) is 12.0 Å². The topological polar surface area (TPSA) is 126 Å². The number of fused-ring (bicyclic) bond motifs is 1. The van der Waals surface area contributed by atoms with Gasteiger partial charge in [0, 0.05) is 22.4 Å². The third kappa shape index (κ3) is 4.24. The van der Waals surface area contributed by atoms with Crippen LogP contribution in [-0.4, -0.2) is 41.6 Å². The standard InChI is InChI=1S/C20H20N4O4/c1-12(25)11-28-24-9-8-13-6-7-16(10-17(13)20(24)27)23-19(26)15-4-2-14(3-5-15)18(21)22/h2-7,10H,8-9,11H2,1H3,(H3,21,22)(H,23,26). The number of nitrogens with one attached hydrogen (secondary N) is 2. The summed E-state index contributed by atoms with van der Waals surface area (Å²) in [5.41, 5.74) is 8.10. The zero-order valence-electron chi connectivity index (χ0n) is 15.3. The Morgan fingerprint density at radius 3 is 2.50 bits per heavy atom. The number of anilines is 1. The van der Waals surface area contributed by atoms with Crippen molar-refractivity contribution in [3.8, 4) is 0 Å². The van der Waals surface area contributed by atoms with Crippen LogP contribution in [0.2, 0.25) is 0 Å². The van der Waals surface area contributed by atoms with Crippen LogP contribution in [0.15, 0.2) is 42.5 Å². The molecule has 8 nitrogen and oxygen atoms in total. The van der Waals surface area contributed by atoms with Gasteiger partial charge in [-0.3, -0.25) is 24.6 Å². The number of benzene rings is 2. The van der Waals surface area contributed by atoms with E-state index < -0.39 is 0 Å². The van der Waals surface area contributed by atoms with E-state index in [0.717, 1.165) is 5.56 Å². The lowest BCUT2D eigenvalue weighted by Gasteiger charge is -2.27. The van der Waals surface area contributed by atoms with Crippen LogP contribution < -0.4 is 11.1 Å². The van der Waals surface area contributed by atoms with Crippen molar-refractivity contribution in [1.29, 1.82) is 5.41 Å². The van der Waals surface area contributed by atoms with Gasteiger partial charge in [-0.05, 0) is 43.2 Å². The first-order valence-corrected chi connectivity index (χ1v) is 8.68. The fourth-order valence-electron chi connectivity index (χ4n) is 2.83. The van der Waals surface area contributed by atoms with Crippen molar-refractivity contribution in [3.63, 3.8) is 0 Å². The van der Waals surface area contributed by atoms with Crippen molar-refractivity contribution >= 4 is 29.1 Å². The van der Waals surface area contributed by atoms with E-state index >= 15 is 0 Å². The fraction of sp³-hybridized carbons (Fsp3) is 0.200. The molecule has 0 bridgehead atoms. The first kappa shape index (κ1) is 19.2. The largest absolute Gasteiger partial charge is 0.384 e. The number of ketones is 1. The number of hydroxylamine groups is 2. The summed E-state index contributed by atoms with van der Waals surface area (Å²) in [4.78, 5) is 41.3. The molecule has 2 aromatic carbocycles. The van der Waals surface area contributed by atoms with E-state index in [0.29, 0.717) is 35.3 Å². The SMILES string of the molecule is CC(=O)CON1CCc2ccc(NC(=O)c3ccc(C(=N)N)cc3)cc2C1=O. The van der Waals surface area contributed by atoms with Crippen LogP contribution in [0.3, 0.4) is 0 Å². The van der Waals surface area contributed by atoms with E-state index in [-0.39, 0.29) is 30.0 Å². The summed E-state index contributed by atoms with van der Waals surface area (Å²) in [5, 5.41) is 11.3. The van der Waals surface area contributed by atoms with E-state index in [9.17, 15) is 14.4 Å². The van der Waals surface area contributed by atoms with Gasteiger partial charge in [0.25, 0.3) is 11.8 Å². The molecule has 1 aliphatic heterocycles. The first-order valence-electron chi connectivity index (χ1n) is 8.68. The number of Topliss-reactive ketones (excluding diaryl/α,β-unsaturated/α-hetero) is 1. The molecule has 0 aromatic heterocycles. The minimum atomic E-state index is -0.344. The Bertz CT molecular complexity index is 953. The normalized spacial score (nSPS) is 13.0. The molecule has 4 N–H and O–H groups in total. The monoisotopic (exact) mass is 380 g/mol. The van der Waals surface area contributed by atoms with Gasteiger partial charge in [-0.2, -0.15) is 0 Å². The maximum atomic E-state index is 12.6. The number of nitrogens with zero attached hydrogens (tertiary/aromatic N) is 1. The number of hydrogen-bond donors (Lipinski definition) is 3. The molecule has 0 saturated carbocycles. The van der Waals surface area contributed by atoms with Crippen molar-refractivity contribution in [2.45, 2.75) is 13.3 Å². The van der Waals surface area contributed by atoms with Gasteiger partial charge >= 0.3 is 0 Å². The van der Waals surface area contributed by atoms with Crippen LogP contribution >= 0.6 is 0 Å². The number of carbonyl (C=O) groups is 3. The quantitative estimate of drug-likeness (QED) is 0.520. The second kappa shape index (κ2) is 8.01. The van der Waals surface area contributed by atoms with Crippen LogP contribution in [0.4, 0.5) is 5.69 Å². The highest BCUT2D eigenvalue weighted by Crippen LogP contribution is 2.23. The zero-order chi connectivity index (χ0) is 20.3. The van der Waals surface area contributed by atoms with Crippen molar-refractivity contribution in [1.82, 2.24) is 5.06 Å². The maximum Gasteiger partial charge on any atom is 0.277 e. The molecule has 28 heavy (non-hydrogen) atoms. The summed E-state index contributed by atoms with van der Waals surface area (Å²) < 4.78 is 0. The van der Waals surface area contributed by atoms with Gasteiger partial charge < -0.3 is 11.1 Å². The van der Waals surface area contributed by atoms with Gasteiger partial charge in [-0.15, -0.1) is 0 Å². The summed E-state index contributed by atoms with van der Waals surface area (Å²) in [6.07, 6.45) is 0.597. The minimum absolute atomic E-state index is 0.0725. The molecule has 8 heteroatoms. The van der Waals surface area contributed by atoms with Crippen LogP contribution in [0.25, 0.3) is 0 Å². The van der Waals surface area contributed by atoms with Crippen molar-refractivity contribution in [2.75, 3.05) is 18.5 Å². The van der Waals surface area contributed by atoms with Gasteiger partial charge in [0.2, 0.25) is 0 Å². The highest BCUT2D eigenvalue weighted by atomic mass is 16.7. The Hall–Kier alpha value is -3.52. The highest BCUT2D eigenvalue weighted by molar-refractivity contribution is 6.06. The highest BCUT2D eigenvalue weighted by Gasteiger charge is 2.26. The van der Waals surface area contributed by atoms with Gasteiger partial charge in [-0.1, -0.05) is 18.2 Å². The molecule has 1 aliphatic rings. The van der Waals surface area contributed by atoms with E-state index in [2.05, 4.69) is 5.32 Å². The number of nitrogens with two attached hydrogens (primary N) is 1. The molecule has 0 radical (unpaired) electrons. The average Bonchev–Trinajstić information content (AvgIpc) is 2.67. The van der Waals surface area contributed by atoms with E-state index in [1.807, 2.05) is 0 Å². The molecule has 0 aliphatic carbocycles. The van der Waals surface area contributed by atoms with Crippen LogP contribution in [0.5, 0.6) is 0 Å². The van der Waals surface area contributed by atoms with Crippen LogP contribution in [-0.2, 0) is 16.1 Å². The lowest BCUT2D eigenvalue weighted by atomic mass is 9.99. The number of amidine groups is 1. The molecular weight excluding hydrogens is 360 g/mol. The third-order valence-electron chi connectivity index (χ3n) is 4.29. The Kier molecular flexibility index (Phi) is 5.51. The molecule has 0 fully saturated rings. The number of hydrogen-bond acceptors (Lipinski definition) is 5. The second-order valence-corrected chi connectivity index (χ2v) is 6.45. The molecule has 0 unspecified atom stereocenters. The maximum absolute atomic E-state index is 12.6. The van der Waals surface area contributed by atoms with Gasteiger partial charge in [0.05, 0.1) is 6.54 Å². The Labute approximate surface area is 161 Å². The molecular formula is C20H20N4O4. The third-order valence-corrected chi connectivity index (χ3v) is 4.29. The summed E-state index contributed by atoms with van der Waals surface area (Å²) in [5.74, 6) is -0.931. The summed E-state index contributed by atoms with van der Waals surface area (Å²) in [6.45, 7) is 1.60. The predicted octanol–water partition coefficient (Wildman–Crippen LogP) is 1.74. The van der Waals surface area contributed by atoms with Gasteiger partial charge in [0.1, 0.15) is 12.4 Å². The molecule has 0 saturated heterocycles. The van der Waals surface area contributed by atoms with Crippen molar-refractivity contribution < 1.29 is 19.2 Å². The van der Waals surface area contributed by atoms with Gasteiger partial charge in [0.15, 0.2) is 5.78 Å². The van der Waals surface area contributed by atoms with Gasteiger partial charge in [-0.25, -0.2) is 5.06 Å². The zero-order valence-corrected chi connectivity index (χ0v) is 15.3. The number of nitrogen functional groups attached to an aromatic ring is 1. The fourth-order valence-corrected chi connectivity index (χ4v) is 2.83. The van der Waals surface area contributed by atoms with Crippen molar-refractivity contribution in [2.24, 2.45) is 5.73 Å². The molecule has 0 spiro atoms. The minimum Gasteiger partial charge on any atom is -0.384 e. The molecule has 2 aromatic rings. The average molecular weight is 380 g/mol. The summed E-state index contributed by atoms with van der Waals surface area (Å²) in [6, 6.07) is 11.5. The summed E-state index contributed by atoms with van der Waals surface area (Å²) >= 11 is 0. The van der Waals surface area contributed by atoms with E-state index in [1.54, 1.807) is 42.5 Å².